The van der Waals surface area contributed by atoms with Crippen molar-refractivity contribution in [3.63, 3.8) is 0 Å². The van der Waals surface area contributed by atoms with Crippen molar-refractivity contribution in [1.29, 1.82) is 0 Å². The SMILES string of the molecule is Cc1noc2cc[c-]cc2c1=O.[Y]. The van der Waals surface area contributed by atoms with Crippen LogP contribution in [-0.2, 0) is 32.7 Å². The average molecular weight is 249 g/mol. The van der Waals surface area contributed by atoms with Gasteiger partial charge in [-0.2, -0.15) is 18.2 Å². The quantitative estimate of drug-likeness (QED) is 0.661. The fourth-order valence-electron chi connectivity index (χ4n) is 1.03. The number of aryl methyl sites for hydroxylation is 1. The minimum absolute atomic E-state index is 0. The van der Waals surface area contributed by atoms with Gasteiger partial charge in [0.25, 0.3) is 0 Å². The van der Waals surface area contributed by atoms with E-state index in [0.717, 1.165) is 0 Å². The summed E-state index contributed by atoms with van der Waals surface area (Å²) in [6, 6.07) is 7.78. The van der Waals surface area contributed by atoms with E-state index in [1.807, 2.05) is 0 Å². The van der Waals surface area contributed by atoms with Crippen molar-refractivity contribution in [3.05, 3.63) is 40.2 Å². The van der Waals surface area contributed by atoms with E-state index in [1.165, 1.54) is 0 Å². The molecule has 0 aliphatic rings. The van der Waals surface area contributed by atoms with Crippen LogP contribution < -0.4 is 5.43 Å². The topological polar surface area (TPSA) is 43.1 Å². The summed E-state index contributed by atoms with van der Waals surface area (Å²) in [7, 11) is 0. The zero-order valence-electron chi connectivity index (χ0n) is 7.07. The van der Waals surface area contributed by atoms with Gasteiger partial charge in [0.1, 0.15) is 5.69 Å². The van der Waals surface area contributed by atoms with E-state index in [-0.39, 0.29) is 38.1 Å². The second-order valence-electron chi connectivity index (χ2n) is 2.52. The molecule has 1 radical (unpaired) electrons. The minimum atomic E-state index is -0.0897. The molecule has 2 aromatic rings. The van der Waals surface area contributed by atoms with Gasteiger partial charge in [0, 0.05) is 32.7 Å². The van der Waals surface area contributed by atoms with Crippen LogP contribution in [0.3, 0.4) is 0 Å². The monoisotopic (exact) mass is 249 g/mol. The number of nitrogens with zero attached hydrogens (tertiary/aromatic N) is 1. The number of benzene rings is 1. The first-order chi connectivity index (χ1) is 5.79. The first-order valence-corrected chi connectivity index (χ1v) is 3.55. The summed E-state index contributed by atoms with van der Waals surface area (Å²) in [6.45, 7) is 1.62. The Bertz CT molecular complexity index is 478. The summed E-state index contributed by atoms with van der Waals surface area (Å²) < 4.78 is 4.95. The van der Waals surface area contributed by atoms with E-state index in [4.69, 9.17) is 4.52 Å². The molecule has 0 bridgehead atoms. The summed E-state index contributed by atoms with van der Waals surface area (Å²) in [5, 5.41) is 4.14. The third kappa shape index (κ3) is 1.86. The number of hydrogen-bond donors (Lipinski definition) is 0. The Morgan fingerprint density at radius 2 is 2.31 bits per heavy atom. The summed E-state index contributed by atoms with van der Waals surface area (Å²) in [5.41, 5.74) is 0.791. The maximum atomic E-state index is 11.4. The molecule has 0 unspecified atom stereocenters. The van der Waals surface area contributed by atoms with Gasteiger partial charge in [0.05, 0.1) is 5.58 Å². The van der Waals surface area contributed by atoms with E-state index in [9.17, 15) is 4.79 Å². The molecule has 3 nitrogen and oxygen atoms in total. The second kappa shape index (κ2) is 4.12. The molecule has 63 valence electrons. The normalized spacial score (nSPS) is 9.62. The molecule has 0 aliphatic heterocycles. The Hall–Kier alpha value is -0.536. The molecule has 0 atom stereocenters. The van der Waals surface area contributed by atoms with E-state index in [2.05, 4.69) is 11.2 Å². The van der Waals surface area contributed by atoms with Gasteiger partial charge in [0.2, 0.25) is 0 Å². The van der Waals surface area contributed by atoms with Crippen molar-refractivity contribution in [1.82, 2.24) is 5.16 Å². The molecule has 0 saturated carbocycles. The Kier molecular flexibility index (Phi) is 3.34. The predicted octanol–water partition coefficient (Wildman–Crippen LogP) is 1.29. The summed E-state index contributed by atoms with van der Waals surface area (Å²) in [4.78, 5) is 11.4. The minimum Gasteiger partial charge on any atom is -0.382 e. The van der Waals surface area contributed by atoms with Crippen molar-refractivity contribution < 1.29 is 37.2 Å². The maximum Gasteiger partial charge on any atom is 0.159 e. The van der Waals surface area contributed by atoms with Crippen molar-refractivity contribution in [2.24, 2.45) is 0 Å². The van der Waals surface area contributed by atoms with Crippen LogP contribution in [0.25, 0.3) is 11.0 Å². The third-order valence-corrected chi connectivity index (χ3v) is 1.68. The number of hydrogen-bond acceptors (Lipinski definition) is 3. The summed E-state index contributed by atoms with van der Waals surface area (Å²) in [6.07, 6.45) is 0. The van der Waals surface area contributed by atoms with Crippen LogP contribution in [-0.4, -0.2) is 5.16 Å². The van der Waals surface area contributed by atoms with E-state index in [0.29, 0.717) is 16.7 Å². The molecule has 1 aromatic heterocycles. The van der Waals surface area contributed by atoms with Crippen LogP contribution >= 0.6 is 0 Å². The third-order valence-electron chi connectivity index (χ3n) is 1.68. The van der Waals surface area contributed by atoms with Gasteiger partial charge in [-0.05, 0) is 12.3 Å². The van der Waals surface area contributed by atoms with E-state index in [1.54, 1.807) is 25.1 Å². The van der Waals surface area contributed by atoms with E-state index < -0.39 is 0 Å². The summed E-state index contributed by atoms with van der Waals surface area (Å²) in [5.74, 6) is 0. The molecular weight excluding hydrogens is 243 g/mol. The van der Waals surface area contributed by atoms with Crippen molar-refractivity contribution in [2.75, 3.05) is 0 Å². The molecule has 4 heteroatoms. The smallest absolute Gasteiger partial charge is 0.159 e. The molecule has 0 spiro atoms. The average Bonchev–Trinajstić information content (AvgIpc) is 2.12. The Morgan fingerprint density at radius 1 is 1.54 bits per heavy atom. The van der Waals surface area contributed by atoms with Crippen LogP contribution in [0.1, 0.15) is 5.69 Å². The number of aromatic nitrogens is 1. The standard InChI is InChI=1S/C9H6NO2.Y/c1-6-9(11)7-4-2-3-5-8(7)12-10-6;/h3-5H,1H3;/q-1;. The Labute approximate surface area is 100.0 Å². The van der Waals surface area contributed by atoms with Crippen molar-refractivity contribution in [3.8, 4) is 0 Å². The van der Waals surface area contributed by atoms with Gasteiger partial charge < -0.3 is 9.32 Å². The van der Waals surface area contributed by atoms with Gasteiger partial charge in [-0.1, -0.05) is 5.16 Å². The molecular formula is C9H6NO2Y-. The molecule has 1 heterocycles. The van der Waals surface area contributed by atoms with E-state index >= 15 is 0 Å². The fraction of sp³-hybridized carbons (Fsp3) is 0.111. The molecule has 1 aromatic carbocycles. The first kappa shape index (κ1) is 10.5. The second-order valence-corrected chi connectivity index (χ2v) is 2.52. The predicted molar refractivity (Wildman–Crippen MR) is 43.9 cm³/mol. The fourth-order valence-corrected chi connectivity index (χ4v) is 1.03. The molecule has 13 heavy (non-hydrogen) atoms. The van der Waals surface area contributed by atoms with Gasteiger partial charge in [0.15, 0.2) is 5.43 Å². The zero-order valence-corrected chi connectivity index (χ0v) is 9.91. The van der Waals surface area contributed by atoms with Gasteiger partial charge in [-0.25, -0.2) is 0 Å². The zero-order chi connectivity index (χ0) is 8.55. The van der Waals surface area contributed by atoms with Crippen LogP contribution in [0.5, 0.6) is 0 Å². The largest absolute Gasteiger partial charge is 0.382 e. The Balaban J connectivity index is 0.000000845. The van der Waals surface area contributed by atoms with Crippen molar-refractivity contribution in [2.45, 2.75) is 6.92 Å². The summed E-state index contributed by atoms with van der Waals surface area (Å²) >= 11 is 0. The van der Waals surface area contributed by atoms with Crippen LogP contribution in [0.15, 0.2) is 27.5 Å². The molecule has 0 fully saturated rings. The Morgan fingerprint density at radius 3 is 3.08 bits per heavy atom. The van der Waals surface area contributed by atoms with Gasteiger partial charge in [-0.15, -0.1) is 6.07 Å². The molecule has 0 N–H and O–H groups in total. The first-order valence-electron chi connectivity index (χ1n) is 3.55. The maximum absolute atomic E-state index is 11.4. The molecule has 2 rings (SSSR count). The van der Waals surface area contributed by atoms with Crippen molar-refractivity contribution >= 4 is 11.0 Å². The van der Waals surface area contributed by atoms with Crippen LogP contribution in [0, 0.1) is 13.0 Å². The molecule has 0 saturated heterocycles. The van der Waals surface area contributed by atoms with Crippen LogP contribution in [0.2, 0.25) is 0 Å². The molecule has 0 aliphatic carbocycles. The van der Waals surface area contributed by atoms with Gasteiger partial charge >= 0.3 is 0 Å². The number of fused-ring (bicyclic) bond motifs is 1. The number of rotatable bonds is 0. The van der Waals surface area contributed by atoms with Gasteiger partial charge in [-0.3, -0.25) is 0 Å². The molecule has 0 amide bonds. The van der Waals surface area contributed by atoms with Crippen LogP contribution in [0.4, 0.5) is 0 Å².